The molecule has 0 spiro atoms. The Balaban J connectivity index is 0.00000180. The number of rotatable bonds is 6. The predicted octanol–water partition coefficient (Wildman–Crippen LogP) is 2.98. The van der Waals surface area contributed by atoms with Gasteiger partial charge in [0.05, 0.1) is 0 Å². The Hall–Kier alpha value is -0.280. The van der Waals surface area contributed by atoms with Gasteiger partial charge in [-0.05, 0) is 44.4 Å². The third-order valence-corrected chi connectivity index (χ3v) is 4.37. The van der Waals surface area contributed by atoms with Gasteiger partial charge in [-0.25, -0.2) is 0 Å². The highest BCUT2D eigenvalue weighted by Crippen LogP contribution is 2.32. The number of halogens is 1. The molecule has 0 aromatic rings. The normalized spacial score (nSPS) is 28.8. The van der Waals surface area contributed by atoms with Crippen LogP contribution in [0.4, 0.5) is 0 Å². The molecule has 1 N–H and O–H groups in total. The highest BCUT2D eigenvalue weighted by Gasteiger charge is 2.34. The Bertz CT molecular complexity index is 267. The van der Waals surface area contributed by atoms with Crippen molar-refractivity contribution in [2.45, 2.75) is 70.9 Å². The molecule has 0 aromatic heterocycles. The predicted molar refractivity (Wildman–Crippen MR) is 81.7 cm³/mol. The van der Waals surface area contributed by atoms with E-state index >= 15 is 0 Å². The number of piperidine rings is 1. The molecule has 0 aromatic carbocycles. The molecule has 2 aliphatic heterocycles. The van der Waals surface area contributed by atoms with Crippen LogP contribution in [0, 0.1) is 5.92 Å². The van der Waals surface area contributed by atoms with Crippen LogP contribution in [0.1, 0.15) is 58.8 Å². The zero-order chi connectivity index (χ0) is 13.0. The van der Waals surface area contributed by atoms with E-state index in [1.54, 1.807) is 0 Å². The maximum atomic E-state index is 12.3. The van der Waals surface area contributed by atoms with E-state index in [9.17, 15) is 4.79 Å². The van der Waals surface area contributed by atoms with Gasteiger partial charge in [-0.1, -0.05) is 13.8 Å². The summed E-state index contributed by atoms with van der Waals surface area (Å²) in [6.45, 7) is 6.18. The summed E-state index contributed by atoms with van der Waals surface area (Å²) in [6, 6.07) is 1.40. The molecule has 19 heavy (non-hydrogen) atoms. The van der Waals surface area contributed by atoms with Gasteiger partial charge in [-0.3, -0.25) is 4.79 Å². The number of nitrogens with one attached hydrogen (secondary N) is 1. The molecular weight excluding hydrogens is 260 g/mol. The lowest BCUT2D eigenvalue weighted by atomic mass is 9.89. The van der Waals surface area contributed by atoms with Crippen molar-refractivity contribution in [3.63, 3.8) is 0 Å². The topological polar surface area (TPSA) is 32.3 Å². The van der Waals surface area contributed by atoms with Crippen LogP contribution < -0.4 is 5.32 Å². The first-order valence-electron chi connectivity index (χ1n) is 7.76. The lowest BCUT2D eigenvalue weighted by Crippen LogP contribution is -2.40. The monoisotopic (exact) mass is 288 g/mol. The van der Waals surface area contributed by atoms with Gasteiger partial charge in [0.25, 0.3) is 0 Å². The first-order chi connectivity index (χ1) is 8.72. The molecule has 0 aliphatic carbocycles. The van der Waals surface area contributed by atoms with Crippen molar-refractivity contribution in [1.29, 1.82) is 0 Å². The zero-order valence-electron chi connectivity index (χ0n) is 12.4. The largest absolute Gasteiger partial charge is 0.343 e. The number of hydrogen-bond donors (Lipinski definition) is 1. The summed E-state index contributed by atoms with van der Waals surface area (Å²) in [4.78, 5) is 14.4. The van der Waals surface area contributed by atoms with Crippen molar-refractivity contribution in [3.05, 3.63) is 0 Å². The van der Waals surface area contributed by atoms with Crippen LogP contribution in [0.15, 0.2) is 0 Å². The Morgan fingerprint density at radius 3 is 2.11 bits per heavy atom. The summed E-state index contributed by atoms with van der Waals surface area (Å²) in [7, 11) is 0. The smallest absolute Gasteiger partial charge is 0.222 e. The van der Waals surface area contributed by atoms with Crippen molar-refractivity contribution in [3.8, 4) is 0 Å². The minimum atomic E-state index is 0. The molecule has 0 radical (unpaired) electrons. The molecule has 2 aliphatic rings. The van der Waals surface area contributed by atoms with Crippen molar-refractivity contribution in [1.82, 2.24) is 10.2 Å². The summed E-state index contributed by atoms with van der Waals surface area (Å²) >= 11 is 0. The van der Waals surface area contributed by atoms with E-state index in [2.05, 4.69) is 24.1 Å². The first kappa shape index (κ1) is 16.8. The van der Waals surface area contributed by atoms with Gasteiger partial charge in [-0.15, -0.1) is 12.4 Å². The number of carbonyl (C=O) groups excluding carboxylic acids is 1. The van der Waals surface area contributed by atoms with E-state index < -0.39 is 0 Å². The van der Waals surface area contributed by atoms with Gasteiger partial charge in [-0.2, -0.15) is 0 Å². The number of carbonyl (C=O) groups is 1. The summed E-state index contributed by atoms with van der Waals surface area (Å²) in [5, 5.41) is 3.65. The molecule has 4 heteroatoms. The van der Waals surface area contributed by atoms with Gasteiger partial charge in [0.15, 0.2) is 0 Å². The Kier molecular flexibility index (Phi) is 7.16. The molecule has 2 saturated heterocycles. The van der Waals surface area contributed by atoms with Crippen LogP contribution >= 0.6 is 12.4 Å². The Labute approximate surface area is 123 Å². The minimum absolute atomic E-state index is 0. The number of nitrogens with zero attached hydrogens (tertiary/aromatic N) is 1. The van der Waals surface area contributed by atoms with Crippen molar-refractivity contribution >= 4 is 18.3 Å². The number of fused-ring (bicyclic) bond motifs is 2. The highest BCUT2D eigenvalue weighted by molar-refractivity contribution is 5.85. The van der Waals surface area contributed by atoms with Crippen LogP contribution in [0.25, 0.3) is 0 Å². The van der Waals surface area contributed by atoms with Crippen LogP contribution in [-0.4, -0.2) is 36.0 Å². The van der Waals surface area contributed by atoms with Crippen LogP contribution in [0.2, 0.25) is 0 Å². The molecule has 2 heterocycles. The summed E-state index contributed by atoms with van der Waals surface area (Å²) in [5.41, 5.74) is 0. The second-order valence-electron chi connectivity index (χ2n) is 6.06. The fraction of sp³-hybridized carbons (Fsp3) is 0.933. The summed E-state index contributed by atoms with van der Waals surface area (Å²) < 4.78 is 0. The molecule has 1 amide bonds. The average Bonchev–Trinajstić information content (AvgIpc) is 2.68. The minimum Gasteiger partial charge on any atom is -0.343 e. The maximum absolute atomic E-state index is 12.3. The fourth-order valence-corrected chi connectivity index (χ4v) is 3.62. The number of amides is 1. The van der Waals surface area contributed by atoms with E-state index in [0.29, 0.717) is 23.9 Å². The molecular formula is C15H29ClN2O. The van der Waals surface area contributed by atoms with Crippen LogP contribution in [0.3, 0.4) is 0 Å². The van der Waals surface area contributed by atoms with E-state index in [4.69, 9.17) is 0 Å². The quantitative estimate of drug-likeness (QED) is 0.815. The van der Waals surface area contributed by atoms with Gasteiger partial charge in [0.2, 0.25) is 5.91 Å². The Morgan fingerprint density at radius 1 is 1.11 bits per heavy atom. The second-order valence-corrected chi connectivity index (χ2v) is 6.06. The van der Waals surface area contributed by atoms with Crippen molar-refractivity contribution in [2.24, 2.45) is 5.92 Å². The highest BCUT2D eigenvalue weighted by atomic mass is 35.5. The molecule has 0 saturated carbocycles. The molecule has 2 rings (SSSR count). The Morgan fingerprint density at radius 2 is 1.63 bits per heavy atom. The molecule has 2 atom stereocenters. The van der Waals surface area contributed by atoms with E-state index in [-0.39, 0.29) is 12.4 Å². The zero-order valence-corrected chi connectivity index (χ0v) is 13.2. The standard InChI is InChI=1S/C15H28N2O.ClH/c1-3-7-17(8-4-2)15(18)11-12-9-13-5-6-14(10-12)16-13;/h12-14,16H,3-11H2,1-2H3;1H. The van der Waals surface area contributed by atoms with Crippen molar-refractivity contribution in [2.75, 3.05) is 13.1 Å². The van der Waals surface area contributed by atoms with Gasteiger partial charge >= 0.3 is 0 Å². The lowest BCUT2D eigenvalue weighted by molar-refractivity contribution is -0.132. The van der Waals surface area contributed by atoms with E-state index in [1.165, 1.54) is 25.7 Å². The SMILES string of the molecule is CCCN(CCC)C(=O)CC1CC2CCC(C1)N2.Cl. The third-order valence-electron chi connectivity index (χ3n) is 4.37. The second kappa shape index (κ2) is 8.11. The summed E-state index contributed by atoms with van der Waals surface area (Å²) in [5.74, 6) is 1.03. The molecule has 2 unspecified atom stereocenters. The third kappa shape index (κ3) is 4.64. The summed E-state index contributed by atoms with van der Waals surface area (Å²) in [6.07, 6.45) is 8.01. The van der Waals surface area contributed by atoms with E-state index in [1.807, 2.05) is 0 Å². The molecule has 3 nitrogen and oxygen atoms in total. The first-order valence-corrected chi connectivity index (χ1v) is 7.76. The fourth-order valence-electron chi connectivity index (χ4n) is 3.62. The molecule has 2 bridgehead atoms. The van der Waals surface area contributed by atoms with Crippen LogP contribution in [-0.2, 0) is 4.79 Å². The molecule has 2 fully saturated rings. The van der Waals surface area contributed by atoms with Gasteiger partial charge < -0.3 is 10.2 Å². The maximum Gasteiger partial charge on any atom is 0.222 e. The van der Waals surface area contributed by atoms with Crippen LogP contribution in [0.5, 0.6) is 0 Å². The number of hydrogen-bond acceptors (Lipinski definition) is 2. The lowest BCUT2D eigenvalue weighted by Gasteiger charge is -2.30. The average molecular weight is 289 g/mol. The van der Waals surface area contributed by atoms with Gasteiger partial charge in [0.1, 0.15) is 0 Å². The molecule has 112 valence electrons. The van der Waals surface area contributed by atoms with Crippen molar-refractivity contribution < 1.29 is 4.79 Å². The van der Waals surface area contributed by atoms with E-state index in [0.717, 1.165) is 32.4 Å². The van der Waals surface area contributed by atoms with Gasteiger partial charge in [0, 0.05) is 31.6 Å².